The van der Waals surface area contributed by atoms with E-state index in [9.17, 15) is 9.59 Å². The van der Waals surface area contributed by atoms with E-state index in [0.29, 0.717) is 30.7 Å². The van der Waals surface area contributed by atoms with Gasteiger partial charge in [0.15, 0.2) is 5.78 Å². The molecular formula is C23H26N2O4. The van der Waals surface area contributed by atoms with Crippen LogP contribution in [-0.4, -0.2) is 48.9 Å². The molecule has 0 amide bonds. The van der Waals surface area contributed by atoms with Crippen molar-refractivity contribution in [1.82, 2.24) is 9.88 Å². The molecule has 1 aromatic carbocycles. The first-order valence-corrected chi connectivity index (χ1v) is 9.78. The summed E-state index contributed by atoms with van der Waals surface area (Å²) in [5, 5.41) is 0.786. The van der Waals surface area contributed by atoms with Crippen LogP contribution >= 0.6 is 0 Å². The molecule has 0 spiro atoms. The normalized spacial score (nSPS) is 18.7. The number of carbonyl (C=O) groups is 2. The first-order chi connectivity index (χ1) is 14.1. The lowest BCUT2D eigenvalue weighted by molar-refractivity contribution is -0.149. The number of Topliss-reactive ketones (excluding diaryl/α,β-unsaturated/α-hetero) is 1. The van der Waals surface area contributed by atoms with E-state index >= 15 is 0 Å². The molecule has 2 atom stereocenters. The van der Waals surface area contributed by atoms with Crippen LogP contribution in [0.1, 0.15) is 36.5 Å². The Morgan fingerprint density at radius 1 is 1.28 bits per heavy atom. The molecule has 0 unspecified atom stereocenters. The van der Waals surface area contributed by atoms with E-state index in [4.69, 9.17) is 9.47 Å². The number of hydrogen-bond acceptors (Lipinski definition) is 6. The summed E-state index contributed by atoms with van der Waals surface area (Å²) >= 11 is 0. The highest BCUT2D eigenvalue weighted by molar-refractivity contribution is 6.07. The summed E-state index contributed by atoms with van der Waals surface area (Å²) < 4.78 is 10.3. The number of likely N-dealkylation sites (tertiary alicyclic amines) is 1. The molecule has 6 heteroatoms. The number of ether oxygens (including phenoxy) is 2. The molecular weight excluding hydrogens is 368 g/mol. The maximum atomic E-state index is 13.0. The molecule has 152 valence electrons. The molecule has 1 aromatic heterocycles. The van der Waals surface area contributed by atoms with Gasteiger partial charge in [-0.15, -0.1) is 0 Å². The molecule has 0 aliphatic carbocycles. The lowest BCUT2D eigenvalue weighted by atomic mass is 9.81. The second kappa shape index (κ2) is 9.42. The quantitative estimate of drug-likeness (QED) is 0.425. The van der Waals surface area contributed by atoms with Crippen LogP contribution in [0.3, 0.4) is 0 Å². The Hall–Kier alpha value is -3.07. The molecule has 29 heavy (non-hydrogen) atoms. The zero-order valence-electron chi connectivity index (χ0n) is 17.1. The molecule has 6 nitrogen and oxygen atoms in total. The largest absolute Gasteiger partial charge is 0.497 e. The maximum absolute atomic E-state index is 13.0. The van der Waals surface area contributed by atoms with Gasteiger partial charge in [0.05, 0.1) is 25.7 Å². The van der Waals surface area contributed by atoms with Crippen molar-refractivity contribution < 1.29 is 19.1 Å². The van der Waals surface area contributed by atoms with Gasteiger partial charge in [-0.2, -0.15) is 0 Å². The van der Waals surface area contributed by atoms with Gasteiger partial charge in [0.1, 0.15) is 5.75 Å². The number of pyridine rings is 1. The Kier molecular flexibility index (Phi) is 6.71. The van der Waals surface area contributed by atoms with E-state index < -0.39 is 0 Å². The van der Waals surface area contributed by atoms with Gasteiger partial charge < -0.3 is 14.4 Å². The number of methoxy groups -OCH3 is 2. The average molecular weight is 394 g/mol. The third kappa shape index (κ3) is 4.68. The van der Waals surface area contributed by atoms with Crippen LogP contribution in [0.25, 0.3) is 10.9 Å². The minimum atomic E-state index is -0.267. The standard InChI is InChI=1S/C23H26N2O4/c1-4-12-25-13-10-16(20(15-25)23(27)29-3)5-8-22(26)18-9-11-24-21-7-6-17(28-2)14-19(18)21/h6-7,9,11,14,16,20H,5,8,10,13,15H2,1-3H3/t16-,20+/m1/s1. The molecule has 1 saturated heterocycles. The van der Waals surface area contributed by atoms with Gasteiger partial charge in [-0.1, -0.05) is 5.92 Å². The Bertz CT molecular complexity index is 960. The number of hydrogen-bond donors (Lipinski definition) is 0. The van der Waals surface area contributed by atoms with Crippen LogP contribution in [-0.2, 0) is 9.53 Å². The zero-order chi connectivity index (χ0) is 20.8. The Morgan fingerprint density at radius 3 is 2.83 bits per heavy atom. The molecule has 1 aliphatic heterocycles. The predicted octanol–water partition coefficient (Wildman–Crippen LogP) is 3.30. The van der Waals surface area contributed by atoms with Crippen molar-refractivity contribution >= 4 is 22.7 Å². The van der Waals surface area contributed by atoms with Crippen molar-refractivity contribution in [3.8, 4) is 17.7 Å². The highest BCUT2D eigenvalue weighted by Gasteiger charge is 2.34. The minimum Gasteiger partial charge on any atom is -0.497 e. The van der Waals surface area contributed by atoms with Crippen LogP contribution < -0.4 is 4.74 Å². The van der Waals surface area contributed by atoms with Crippen LogP contribution in [0.15, 0.2) is 30.5 Å². The van der Waals surface area contributed by atoms with Crippen molar-refractivity contribution in [2.45, 2.75) is 26.2 Å². The second-order valence-corrected chi connectivity index (χ2v) is 7.19. The van der Waals surface area contributed by atoms with E-state index in [2.05, 4.69) is 16.9 Å². The van der Waals surface area contributed by atoms with Gasteiger partial charge in [-0.05, 0) is 49.9 Å². The first-order valence-electron chi connectivity index (χ1n) is 9.78. The number of carbonyl (C=O) groups excluding carboxylic acids is 2. The first kappa shape index (κ1) is 20.7. The molecule has 0 N–H and O–H groups in total. The third-order valence-electron chi connectivity index (χ3n) is 5.52. The number of benzene rings is 1. The monoisotopic (exact) mass is 394 g/mol. The fraction of sp³-hybridized carbons (Fsp3) is 0.435. The fourth-order valence-corrected chi connectivity index (χ4v) is 3.97. The summed E-state index contributed by atoms with van der Waals surface area (Å²) in [4.78, 5) is 31.6. The number of piperidine rings is 1. The number of nitrogens with zero attached hydrogens (tertiary/aromatic N) is 2. The van der Waals surface area contributed by atoms with Crippen molar-refractivity contribution in [2.75, 3.05) is 27.3 Å². The average Bonchev–Trinajstić information content (AvgIpc) is 2.76. The van der Waals surface area contributed by atoms with Crippen LogP contribution in [0, 0.1) is 23.8 Å². The van der Waals surface area contributed by atoms with Gasteiger partial charge in [0, 0.05) is 42.7 Å². The number of fused-ring (bicyclic) bond motifs is 1. The fourth-order valence-electron chi connectivity index (χ4n) is 3.97. The molecule has 2 heterocycles. The zero-order valence-corrected chi connectivity index (χ0v) is 17.1. The van der Waals surface area contributed by atoms with Crippen LogP contribution in [0.4, 0.5) is 0 Å². The third-order valence-corrected chi connectivity index (χ3v) is 5.52. The summed E-state index contributed by atoms with van der Waals surface area (Å²) in [7, 11) is 3.01. The number of aromatic nitrogens is 1. The highest BCUT2D eigenvalue weighted by Crippen LogP contribution is 2.30. The van der Waals surface area contributed by atoms with Crippen LogP contribution in [0.5, 0.6) is 5.75 Å². The Balaban J connectivity index is 1.74. The summed E-state index contributed by atoms with van der Waals surface area (Å²) in [5.41, 5.74) is 1.40. The van der Waals surface area contributed by atoms with Crippen LogP contribution in [0.2, 0.25) is 0 Å². The lowest BCUT2D eigenvalue weighted by Gasteiger charge is -2.35. The van der Waals surface area contributed by atoms with Gasteiger partial charge in [-0.25, -0.2) is 0 Å². The molecule has 3 rings (SSSR count). The van der Waals surface area contributed by atoms with E-state index in [-0.39, 0.29) is 23.6 Å². The molecule has 0 radical (unpaired) electrons. The molecule has 1 aliphatic rings. The van der Waals surface area contributed by atoms with E-state index in [1.54, 1.807) is 26.3 Å². The summed E-state index contributed by atoms with van der Waals surface area (Å²) in [6.45, 7) is 3.12. The molecule has 2 aromatic rings. The topological polar surface area (TPSA) is 68.7 Å². The smallest absolute Gasteiger partial charge is 0.310 e. The Labute approximate surface area is 171 Å². The van der Waals surface area contributed by atoms with E-state index in [0.717, 1.165) is 23.9 Å². The molecule has 1 fully saturated rings. The van der Waals surface area contributed by atoms with Gasteiger partial charge in [0.2, 0.25) is 0 Å². The summed E-state index contributed by atoms with van der Waals surface area (Å²) in [5.74, 6) is 3.22. The predicted molar refractivity (Wildman–Crippen MR) is 110 cm³/mol. The van der Waals surface area contributed by atoms with Crippen molar-refractivity contribution in [3.05, 3.63) is 36.0 Å². The van der Waals surface area contributed by atoms with Crippen molar-refractivity contribution in [2.24, 2.45) is 11.8 Å². The number of esters is 1. The van der Waals surface area contributed by atoms with Crippen molar-refractivity contribution in [1.29, 1.82) is 0 Å². The van der Waals surface area contributed by atoms with Gasteiger partial charge in [0.25, 0.3) is 0 Å². The van der Waals surface area contributed by atoms with Gasteiger partial charge >= 0.3 is 5.97 Å². The number of ketones is 1. The maximum Gasteiger partial charge on any atom is 0.310 e. The lowest BCUT2D eigenvalue weighted by Crippen LogP contribution is -2.42. The van der Waals surface area contributed by atoms with Gasteiger partial charge in [-0.3, -0.25) is 14.6 Å². The second-order valence-electron chi connectivity index (χ2n) is 7.19. The molecule has 0 bridgehead atoms. The summed E-state index contributed by atoms with van der Waals surface area (Å²) in [6, 6.07) is 10.3. The van der Waals surface area contributed by atoms with Crippen molar-refractivity contribution in [3.63, 3.8) is 0 Å². The highest BCUT2D eigenvalue weighted by atomic mass is 16.5. The SMILES string of the molecule is CC#CN1CC[C@@H](CCC(=O)c2ccnc3ccc(OC)cc23)[C@@H](C(=O)OC)C1. The van der Waals surface area contributed by atoms with E-state index in [1.807, 2.05) is 23.1 Å². The summed E-state index contributed by atoms with van der Waals surface area (Å²) in [6.07, 6.45) is 3.47. The molecule has 0 saturated carbocycles. The van der Waals surface area contributed by atoms with E-state index in [1.165, 1.54) is 7.11 Å². The minimum absolute atomic E-state index is 0.0463. The number of rotatable bonds is 6. The Morgan fingerprint density at radius 2 is 2.10 bits per heavy atom.